The Bertz CT molecular complexity index is 507. The van der Waals surface area contributed by atoms with Crippen LogP contribution in [0.15, 0.2) is 35.7 Å². The van der Waals surface area contributed by atoms with Crippen molar-refractivity contribution in [1.29, 1.82) is 0 Å². The highest BCUT2D eigenvalue weighted by atomic mass is 32.1. The van der Waals surface area contributed by atoms with Crippen molar-refractivity contribution in [3.63, 3.8) is 0 Å². The average Bonchev–Trinajstić information content (AvgIpc) is 2.87. The SMILES string of the molecule is Cc1ccc(F)cc1CC(O)CCCc1cccs1. The number of aliphatic hydroxyl groups is 1. The number of hydrogen-bond acceptors (Lipinski definition) is 2. The molecule has 2 aromatic rings. The molecule has 0 aliphatic heterocycles. The maximum absolute atomic E-state index is 13.2. The zero-order chi connectivity index (χ0) is 13.7. The molecule has 0 aliphatic carbocycles. The molecule has 1 aromatic carbocycles. The fourth-order valence-corrected chi connectivity index (χ4v) is 2.93. The van der Waals surface area contributed by atoms with Crippen LogP contribution in [-0.2, 0) is 12.8 Å². The van der Waals surface area contributed by atoms with Gasteiger partial charge in [-0.15, -0.1) is 11.3 Å². The Labute approximate surface area is 117 Å². The molecule has 0 radical (unpaired) electrons. The van der Waals surface area contributed by atoms with Crippen molar-refractivity contribution < 1.29 is 9.50 Å². The monoisotopic (exact) mass is 278 g/mol. The van der Waals surface area contributed by atoms with Gasteiger partial charge in [-0.1, -0.05) is 12.1 Å². The second kappa shape index (κ2) is 6.83. The van der Waals surface area contributed by atoms with E-state index in [-0.39, 0.29) is 11.9 Å². The Morgan fingerprint density at radius 3 is 2.89 bits per heavy atom. The van der Waals surface area contributed by atoms with E-state index in [9.17, 15) is 9.50 Å². The van der Waals surface area contributed by atoms with Gasteiger partial charge in [-0.05, 0) is 67.3 Å². The number of rotatable bonds is 6. The van der Waals surface area contributed by atoms with E-state index >= 15 is 0 Å². The first kappa shape index (κ1) is 14.2. The second-order valence-electron chi connectivity index (χ2n) is 4.90. The van der Waals surface area contributed by atoms with Crippen molar-refractivity contribution >= 4 is 11.3 Å². The lowest BCUT2D eigenvalue weighted by atomic mass is 9.99. The molecule has 0 aliphatic rings. The van der Waals surface area contributed by atoms with Gasteiger partial charge in [0.2, 0.25) is 0 Å². The Balaban J connectivity index is 1.80. The average molecular weight is 278 g/mol. The molecule has 2 rings (SSSR count). The van der Waals surface area contributed by atoms with Crippen LogP contribution in [0.1, 0.15) is 28.8 Å². The van der Waals surface area contributed by atoms with Gasteiger partial charge in [-0.25, -0.2) is 4.39 Å². The highest BCUT2D eigenvalue weighted by Crippen LogP contribution is 2.16. The van der Waals surface area contributed by atoms with Crippen LogP contribution in [0.4, 0.5) is 4.39 Å². The number of aliphatic hydroxyl groups excluding tert-OH is 1. The summed E-state index contributed by atoms with van der Waals surface area (Å²) in [6.07, 6.45) is 2.88. The zero-order valence-electron chi connectivity index (χ0n) is 11.1. The molecule has 0 fully saturated rings. The molecule has 1 nitrogen and oxygen atoms in total. The third kappa shape index (κ3) is 4.44. The Kier molecular flexibility index (Phi) is 5.11. The zero-order valence-corrected chi connectivity index (χ0v) is 11.9. The minimum atomic E-state index is -0.388. The molecule has 1 N–H and O–H groups in total. The van der Waals surface area contributed by atoms with Gasteiger partial charge < -0.3 is 5.11 Å². The molecule has 1 aromatic heterocycles. The molecule has 0 saturated carbocycles. The van der Waals surface area contributed by atoms with Crippen molar-refractivity contribution in [2.45, 2.75) is 38.7 Å². The van der Waals surface area contributed by atoms with Crippen LogP contribution in [-0.4, -0.2) is 11.2 Å². The summed E-state index contributed by atoms with van der Waals surface area (Å²) in [6, 6.07) is 8.92. The van der Waals surface area contributed by atoms with Gasteiger partial charge in [0.15, 0.2) is 0 Å². The summed E-state index contributed by atoms with van der Waals surface area (Å²) in [7, 11) is 0. The Morgan fingerprint density at radius 2 is 2.16 bits per heavy atom. The van der Waals surface area contributed by atoms with Crippen LogP contribution >= 0.6 is 11.3 Å². The third-order valence-electron chi connectivity index (χ3n) is 3.31. The Morgan fingerprint density at radius 1 is 1.32 bits per heavy atom. The summed E-state index contributed by atoms with van der Waals surface area (Å²) >= 11 is 1.75. The molecule has 0 spiro atoms. The molecule has 1 heterocycles. The highest BCUT2D eigenvalue weighted by Gasteiger charge is 2.09. The fraction of sp³-hybridized carbons (Fsp3) is 0.375. The summed E-state index contributed by atoms with van der Waals surface area (Å²) in [5.74, 6) is -0.230. The lowest BCUT2D eigenvalue weighted by molar-refractivity contribution is 0.162. The summed E-state index contributed by atoms with van der Waals surface area (Å²) in [5, 5.41) is 12.1. The van der Waals surface area contributed by atoms with Crippen molar-refractivity contribution in [3.8, 4) is 0 Å². The normalized spacial score (nSPS) is 12.6. The smallest absolute Gasteiger partial charge is 0.123 e. The molecule has 19 heavy (non-hydrogen) atoms. The van der Waals surface area contributed by atoms with Crippen LogP contribution < -0.4 is 0 Å². The number of benzene rings is 1. The van der Waals surface area contributed by atoms with Crippen molar-refractivity contribution in [2.24, 2.45) is 0 Å². The first-order valence-corrected chi connectivity index (χ1v) is 7.48. The van der Waals surface area contributed by atoms with Gasteiger partial charge in [0.05, 0.1) is 6.10 Å². The molecule has 1 atom stereocenters. The van der Waals surface area contributed by atoms with Crippen LogP contribution in [0, 0.1) is 12.7 Å². The van der Waals surface area contributed by atoms with Gasteiger partial charge in [0.25, 0.3) is 0 Å². The molecule has 0 amide bonds. The van der Waals surface area contributed by atoms with Crippen molar-refractivity contribution in [3.05, 3.63) is 57.5 Å². The van der Waals surface area contributed by atoms with Gasteiger partial charge >= 0.3 is 0 Å². The van der Waals surface area contributed by atoms with Gasteiger partial charge in [0, 0.05) is 4.88 Å². The van der Waals surface area contributed by atoms with Gasteiger partial charge in [-0.2, -0.15) is 0 Å². The van der Waals surface area contributed by atoms with E-state index in [2.05, 4.69) is 11.4 Å². The summed E-state index contributed by atoms with van der Waals surface area (Å²) in [5.41, 5.74) is 1.95. The Hall–Kier alpha value is -1.19. The van der Waals surface area contributed by atoms with E-state index in [4.69, 9.17) is 0 Å². The molecule has 0 saturated heterocycles. The predicted octanol–water partition coefficient (Wildman–Crippen LogP) is 4.12. The summed E-state index contributed by atoms with van der Waals surface area (Å²) in [6.45, 7) is 1.95. The van der Waals surface area contributed by atoms with Crippen molar-refractivity contribution in [1.82, 2.24) is 0 Å². The topological polar surface area (TPSA) is 20.2 Å². The van der Waals surface area contributed by atoms with E-state index < -0.39 is 0 Å². The van der Waals surface area contributed by atoms with Crippen molar-refractivity contribution in [2.75, 3.05) is 0 Å². The maximum Gasteiger partial charge on any atom is 0.123 e. The number of hydrogen-bond donors (Lipinski definition) is 1. The summed E-state index contributed by atoms with van der Waals surface area (Å²) in [4.78, 5) is 1.36. The van der Waals surface area contributed by atoms with E-state index in [0.717, 1.165) is 30.4 Å². The van der Waals surface area contributed by atoms with Gasteiger partial charge in [0.1, 0.15) is 5.82 Å². The third-order valence-corrected chi connectivity index (χ3v) is 4.24. The van der Waals surface area contributed by atoms with E-state index in [1.165, 1.54) is 17.0 Å². The number of thiophene rings is 1. The van der Waals surface area contributed by atoms with E-state index in [0.29, 0.717) is 6.42 Å². The van der Waals surface area contributed by atoms with Crippen LogP contribution in [0.25, 0.3) is 0 Å². The first-order valence-electron chi connectivity index (χ1n) is 6.60. The molecular formula is C16H19FOS. The predicted molar refractivity (Wildman–Crippen MR) is 78.1 cm³/mol. The minimum Gasteiger partial charge on any atom is -0.393 e. The number of aryl methyl sites for hydroxylation is 2. The molecule has 1 unspecified atom stereocenters. The highest BCUT2D eigenvalue weighted by molar-refractivity contribution is 7.09. The minimum absolute atomic E-state index is 0.230. The first-order chi connectivity index (χ1) is 9.15. The quantitative estimate of drug-likeness (QED) is 0.842. The summed E-state index contributed by atoms with van der Waals surface area (Å²) < 4.78 is 13.2. The lowest BCUT2D eigenvalue weighted by Crippen LogP contribution is -2.11. The largest absolute Gasteiger partial charge is 0.393 e. The molecule has 102 valence electrons. The van der Waals surface area contributed by atoms with Gasteiger partial charge in [-0.3, -0.25) is 0 Å². The van der Waals surface area contributed by atoms with Crippen LogP contribution in [0.5, 0.6) is 0 Å². The standard InChI is InChI=1S/C16H19FOS/c1-12-7-8-14(17)10-13(12)11-15(18)4-2-5-16-6-3-9-19-16/h3,6-10,15,18H,2,4-5,11H2,1H3. The van der Waals surface area contributed by atoms with E-state index in [1.54, 1.807) is 17.4 Å². The van der Waals surface area contributed by atoms with E-state index in [1.807, 2.05) is 13.0 Å². The lowest BCUT2D eigenvalue weighted by Gasteiger charge is -2.12. The van der Waals surface area contributed by atoms with Crippen LogP contribution in [0.2, 0.25) is 0 Å². The molecular weight excluding hydrogens is 259 g/mol. The molecule has 3 heteroatoms. The van der Waals surface area contributed by atoms with Crippen LogP contribution in [0.3, 0.4) is 0 Å². The molecule has 0 bridgehead atoms. The second-order valence-corrected chi connectivity index (χ2v) is 5.93. The maximum atomic E-state index is 13.2. The number of halogens is 1. The fourth-order valence-electron chi connectivity index (χ4n) is 2.18.